The number of anilines is 6. The molecule has 2 nitrogen and oxygen atoms in total. The first-order valence-electron chi connectivity index (χ1n) is 41.4. The van der Waals surface area contributed by atoms with Crippen LogP contribution in [0.4, 0.5) is 34.1 Å². The van der Waals surface area contributed by atoms with Crippen molar-refractivity contribution >= 4 is 34.1 Å². The molecule has 1 atom stereocenters. The molecule has 2 heteroatoms. The van der Waals surface area contributed by atoms with Gasteiger partial charge in [-0.15, -0.1) is 0 Å². The lowest BCUT2D eigenvalue weighted by atomic mass is 9.67. The molecule has 0 N–H and O–H groups in total. The van der Waals surface area contributed by atoms with Crippen LogP contribution in [0.15, 0.2) is 437 Å². The maximum atomic E-state index is 2.58. The summed E-state index contributed by atoms with van der Waals surface area (Å²) in [6, 6.07) is 164. The second kappa shape index (κ2) is 27.7. The minimum absolute atomic E-state index is 0.210. The average Bonchev–Trinajstić information content (AvgIpc) is 1.53. The zero-order valence-corrected chi connectivity index (χ0v) is 66.5. The molecule has 0 radical (unpaired) electrons. The van der Waals surface area contributed by atoms with E-state index >= 15 is 0 Å². The molecule has 4 aliphatic rings. The third-order valence-electron chi connectivity index (χ3n) is 26.5. The SMILES string of the molecule is CC1(C)c2ccccc2-c2ccc(N(c3ccc4c(c3)C(c3ccccc3)(c3ccccc3)c3ccccc3-4)c3ccccc3-c3ccc(-c4cccc(-c5ccc(C6(c7ccccc7)c7ccccc7-c7ccc(N(c8ccc9c(c8)C(C)(C)c8ccccc8-9)c8c(-c9ccccc9)cccc8-c8ccccc8)cc76)cc5)c4)cc3)cc21. The fourth-order valence-electron chi connectivity index (χ4n) is 21.0. The van der Waals surface area contributed by atoms with Gasteiger partial charge in [-0.3, -0.25) is 0 Å². The van der Waals surface area contributed by atoms with Crippen LogP contribution in [0.5, 0.6) is 0 Å². The molecule has 4 aliphatic carbocycles. The zero-order chi connectivity index (χ0) is 78.9. The van der Waals surface area contributed by atoms with Crippen LogP contribution in [-0.2, 0) is 21.7 Å². The molecule has 0 aromatic heterocycles. The lowest BCUT2D eigenvalue weighted by Crippen LogP contribution is -2.28. The summed E-state index contributed by atoms with van der Waals surface area (Å²) in [5.41, 5.74) is 41.9. The standard InChI is InChI=1S/C116H84N2/c1-113(2)103-51-25-20-45-95(103)99-68-64-88(73-107(99)113)117(89-65-70-101-97-47-22-27-53-105(97)115(109(101)75-89,84-38-14-7-15-39-84)85-40-16-8-17-41-85)111-55-29-24-44-92(111)81-58-56-77(57-59-81)82-36-30-37-83(72-82)78-60-62-87(63-61-78)116(86-42-18-9-19-43-86)106-54-28-23-48-98(106)102-71-67-91(76-110(102)116)118(90-66-69-100-96-46-21-26-52-104(96)114(3,4)108(100)74-90)112-93(79-32-10-5-11-33-79)49-31-50-94(112)80-34-12-6-13-35-80/h5-76H,1-4H3. The highest BCUT2D eigenvalue weighted by atomic mass is 15.2. The van der Waals surface area contributed by atoms with E-state index in [0.717, 1.165) is 89.8 Å². The van der Waals surface area contributed by atoms with E-state index in [1.54, 1.807) is 0 Å². The average molecular weight is 1510 g/mol. The summed E-state index contributed by atoms with van der Waals surface area (Å²) in [4.78, 5) is 5.11. The molecule has 0 amide bonds. The number of nitrogens with zero attached hydrogens (tertiary/aromatic N) is 2. The number of para-hydroxylation sites is 2. The topological polar surface area (TPSA) is 6.48 Å². The molecule has 0 spiro atoms. The van der Waals surface area contributed by atoms with Crippen LogP contribution < -0.4 is 9.80 Å². The quantitative estimate of drug-likeness (QED) is 0.101. The molecule has 0 saturated heterocycles. The summed E-state index contributed by atoms with van der Waals surface area (Å²) < 4.78 is 0. The summed E-state index contributed by atoms with van der Waals surface area (Å²) in [6.07, 6.45) is 0. The van der Waals surface area contributed by atoms with Gasteiger partial charge in [0.2, 0.25) is 0 Å². The first kappa shape index (κ1) is 70.2. The Hall–Kier alpha value is -14.4. The van der Waals surface area contributed by atoms with Gasteiger partial charge in [0.05, 0.1) is 22.2 Å². The Morgan fingerprint density at radius 1 is 0.161 bits per heavy atom. The molecule has 118 heavy (non-hydrogen) atoms. The summed E-state index contributed by atoms with van der Waals surface area (Å²) in [6.45, 7) is 9.55. The van der Waals surface area contributed by atoms with E-state index in [1.807, 2.05) is 0 Å². The number of hydrogen-bond donors (Lipinski definition) is 0. The monoisotopic (exact) mass is 1500 g/mol. The van der Waals surface area contributed by atoms with E-state index in [0.29, 0.717) is 0 Å². The number of hydrogen-bond acceptors (Lipinski definition) is 2. The highest BCUT2D eigenvalue weighted by molar-refractivity contribution is 6.01. The van der Waals surface area contributed by atoms with Crippen LogP contribution in [0.2, 0.25) is 0 Å². The second-order valence-corrected chi connectivity index (χ2v) is 33.3. The Morgan fingerprint density at radius 3 is 0.856 bits per heavy atom. The van der Waals surface area contributed by atoms with Crippen LogP contribution in [0.3, 0.4) is 0 Å². The van der Waals surface area contributed by atoms with Crippen molar-refractivity contribution in [1.82, 2.24) is 0 Å². The summed E-state index contributed by atoms with van der Waals surface area (Å²) in [5, 5.41) is 0. The van der Waals surface area contributed by atoms with E-state index < -0.39 is 10.8 Å². The van der Waals surface area contributed by atoms with E-state index in [4.69, 9.17) is 0 Å². The lowest BCUT2D eigenvalue weighted by molar-refractivity contribution is 0.660. The van der Waals surface area contributed by atoms with Gasteiger partial charge in [0.15, 0.2) is 0 Å². The van der Waals surface area contributed by atoms with Crippen molar-refractivity contribution in [2.75, 3.05) is 9.80 Å². The molecule has 0 saturated carbocycles. The highest BCUT2D eigenvalue weighted by Gasteiger charge is 2.49. The third-order valence-corrected chi connectivity index (χ3v) is 26.5. The van der Waals surface area contributed by atoms with Gasteiger partial charge in [-0.25, -0.2) is 0 Å². The van der Waals surface area contributed by atoms with Crippen LogP contribution >= 0.6 is 0 Å². The molecule has 0 bridgehead atoms. The normalized spacial score (nSPS) is 14.8. The van der Waals surface area contributed by atoms with Crippen molar-refractivity contribution in [3.05, 3.63) is 504 Å². The Labute approximate surface area is 692 Å². The van der Waals surface area contributed by atoms with Gasteiger partial charge in [0.1, 0.15) is 0 Å². The molecule has 0 heterocycles. The maximum Gasteiger partial charge on any atom is 0.0714 e. The van der Waals surface area contributed by atoms with Gasteiger partial charge in [-0.05, 0) is 211 Å². The minimum atomic E-state index is -0.704. The number of rotatable bonds is 15. The van der Waals surface area contributed by atoms with Gasteiger partial charge in [-0.1, -0.05) is 404 Å². The predicted octanol–water partition coefficient (Wildman–Crippen LogP) is 30.3. The fourth-order valence-corrected chi connectivity index (χ4v) is 21.0. The van der Waals surface area contributed by atoms with Crippen molar-refractivity contribution in [3.63, 3.8) is 0 Å². The predicted molar refractivity (Wildman–Crippen MR) is 493 cm³/mol. The molecule has 1 unspecified atom stereocenters. The number of fused-ring (bicyclic) bond motifs is 12. The van der Waals surface area contributed by atoms with Crippen LogP contribution in [-0.4, -0.2) is 0 Å². The van der Waals surface area contributed by atoms with Crippen molar-refractivity contribution in [3.8, 4) is 100 Å². The van der Waals surface area contributed by atoms with Crippen molar-refractivity contribution in [2.24, 2.45) is 0 Å². The largest absolute Gasteiger partial charge is 0.310 e. The molecule has 18 aromatic carbocycles. The Balaban J connectivity index is 0.649. The number of benzene rings is 18. The summed E-state index contributed by atoms with van der Waals surface area (Å²) in [7, 11) is 0. The molecule has 0 aliphatic heterocycles. The maximum absolute atomic E-state index is 2.58. The molecule has 18 aromatic rings. The zero-order valence-electron chi connectivity index (χ0n) is 66.5. The smallest absolute Gasteiger partial charge is 0.0714 e. The molecule has 22 rings (SSSR count). The van der Waals surface area contributed by atoms with Gasteiger partial charge in [0, 0.05) is 50.3 Å². The van der Waals surface area contributed by atoms with Gasteiger partial charge < -0.3 is 9.80 Å². The van der Waals surface area contributed by atoms with E-state index in [2.05, 4.69) is 474 Å². The summed E-state index contributed by atoms with van der Waals surface area (Å²) in [5.74, 6) is 0. The van der Waals surface area contributed by atoms with Crippen molar-refractivity contribution < 1.29 is 0 Å². The van der Waals surface area contributed by atoms with Crippen LogP contribution in [0.1, 0.15) is 94.5 Å². The molecule has 0 fully saturated rings. The Bertz CT molecular complexity index is 6860. The minimum Gasteiger partial charge on any atom is -0.310 e. The van der Waals surface area contributed by atoms with Gasteiger partial charge >= 0.3 is 0 Å². The van der Waals surface area contributed by atoms with Gasteiger partial charge in [0.25, 0.3) is 0 Å². The van der Waals surface area contributed by atoms with Crippen LogP contribution in [0.25, 0.3) is 100 Å². The molecular formula is C116H84N2. The molecular weight excluding hydrogens is 1420 g/mol. The Kier molecular flexibility index (Phi) is 16.5. The first-order chi connectivity index (χ1) is 58.0. The molecule has 558 valence electrons. The van der Waals surface area contributed by atoms with Crippen molar-refractivity contribution in [1.29, 1.82) is 0 Å². The Morgan fingerprint density at radius 2 is 0.432 bits per heavy atom. The van der Waals surface area contributed by atoms with E-state index in [-0.39, 0.29) is 10.8 Å². The fraction of sp³-hybridized carbons (Fsp3) is 0.0690. The van der Waals surface area contributed by atoms with Crippen molar-refractivity contribution in [2.45, 2.75) is 49.4 Å². The lowest BCUT2D eigenvalue weighted by Gasteiger charge is -2.36. The highest BCUT2D eigenvalue weighted by Crippen LogP contribution is 2.62. The second-order valence-electron chi connectivity index (χ2n) is 33.3. The van der Waals surface area contributed by atoms with Crippen LogP contribution in [0, 0.1) is 0 Å². The first-order valence-corrected chi connectivity index (χ1v) is 41.4. The van der Waals surface area contributed by atoms with E-state index in [9.17, 15) is 0 Å². The third kappa shape index (κ3) is 10.8. The summed E-state index contributed by atoms with van der Waals surface area (Å²) >= 11 is 0. The van der Waals surface area contributed by atoms with Gasteiger partial charge in [-0.2, -0.15) is 0 Å². The van der Waals surface area contributed by atoms with E-state index in [1.165, 1.54) is 111 Å².